The molecule has 0 amide bonds. The number of nitro benzene ring substituents is 1. The van der Waals surface area contributed by atoms with Crippen LogP contribution in [0.4, 0.5) is 5.69 Å². The zero-order valence-electron chi connectivity index (χ0n) is 23.7. The number of carbonyl (C=O) groups excluding carboxylic acids is 1. The molecule has 1 fully saturated rings. The van der Waals surface area contributed by atoms with Crippen LogP contribution in [0.25, 0.3) is 0 Å². The largest absolute Gasteiger partial charge is 0.480 e. The fourth-order valence-corrected chi connectivity index (χ4v) is 5.00. The molecule has 1 heterocycles. The average Bonchev–Trinajstić information content (AvgIpc) is 3.01. The first-order chi connectivity index (χ1) is 20.1. The SMILES string of the molecule is O=COCN1CCN(CC(=O)O)CCN(CC(CCCCCc2ccc([N+](=O)[O-])cc2)N(CC(=O)O)CC(=O)O)CC1. The normalized spacial score (nSPS) is 16.2. The van der Waals surface area contributed by atoms with Gasteiger partial charge in [-0.3, -0.25) is 48.9 Å². The Hall–Kier alpha value is -3.66. The van der Waals surface area contributed by atoms with E-state index in [1.807, 2.05) is 4.90 Å². The molecule has 15 nitrogen and oxygen atoms in total. The first kappa shape index (κ1) is 34.5. The number of aliphatic carboxylic acids is 3. The standard InChI is InChI=1S/C27H41N5O10/c33-21-42-20-30-14-12-28(10-11-29(13-15-30)17-25(34)35)16-24(31(18-26(36)37)19-27(38)39)5-3-1-2-4-22-6-8-23(9-7-22)32(40)41/h6-9,21,24H,1-5,10-20H2,(H,34,35)(H,36,37)(H,38,39). The van der Waals surface area contributed by atoms with Crippen LogP contribution in [-0.4, -0.2) is 142 Å². The lowest BCUT2D eigenvalue weighted by Crippen LogP contribution is -2.50. The number of nitro groups is 1. The number of carbonyl (C=O) groups is 4. The maximum atomic E-state index is 11.6. The van der Waals surface area contributed by atoms with E-state index in [2.05, 4.69) is 4.90 Å². The lowest BCUT2D eigenvalue weighted by Gasteiger charge is -2.35. The third-order valence-electron chi connectivity index (χ3n) is 7.19. The number of benzene rings is 1. The Labute approximate surface area is 244 Å². The summed E-state index contributed by atoms with van der Waals surface area (Å²) < 4.78 is 4.92. The molecule has 0 radical (unpaired) electrons. The minimum Gasteiger partial charge on any atom is -0.480 e. The second-order valence-electron chi connectivity index (χ2n) is 10.3. The zero-order valence-corrected chi connectivity index (χ0v) is 23.7. The number of hydrogen-bond donors (Lipinski definition) is 3. The number of aryl methyl sites for hydroxylation is 1. The highest BCUT2D eigenvalue weighted by Crippen LogP contribution is 2.17. The van der Waals surface area contributed by atoms with Crippen molar-refractivity contribution >= 4 is 30.1 Å². The van der Waals surface area contributed by atoms with Gasteiger partial charge in [0, 0.05) is 64.0 Å². The number of hydrogen-bond acceptors (Lipinski definition) is 11. The van der Waals surface area contributed by atoms with Crippen LogP contribution in [0.1, 0.15) is 31.2 Å². The van der Waals surface area contributed by atoms with Gasteiger partial charge in [0.1, 0.15) is 6.73 Å². The summed E-state index contributed by atoms with van der Waals surface area (Å²) in [6.07, 6.45) is 3.59. The maximum absolute atomic E-state index is 11.6. The van der Waals surface area contributed by atoms with Gasteiger partial charge in [-0.05, 0) is 24.8 Å². The second-order valence-corrected chi connectivity index (χ2v) is 10.3. The molecule has 1 atom stereocenters. The molecule has 1 aromatic carbocycles. The van der Waals surface area contributed by atoms with E-state index in [0.29, 0.717) is 65.1 Å². The van der Waals surface area contributed by atoms with Crippen LogP contribution in [0.2, 0.25) is 0 Å². The minimum absolute atomic E-state index is 0.0314. The molecule has 42 heavy (non-hydrogen) atoms. The van der Waals surface area contributed by atoms with Crippen molar-refractivity contribution in [3.63, 3.8) is 0 Å². The smallest absolute Gasteiger partial charge is 0.317 e. The lowest BCUT2D eigenvalue weighted by atomic mass is 10.0. The van der Waals surface area contributed by atoms with Crippen LogP contribution in [-0.2, 0) is 30.3 Å². The summed E-state index contributed by atoms with van der Waals surface area (Å²) in [7, 11) is 0. The van der Waals surface area contributed by atoms with Crippen molar-refractivity contribution in [1.82, 2.24) is 19.6 Å². The van der Waals surface area contributed by atoms with E-state index < -0.39 is 35.9 Å². The van der Waals surface area contributed by atoms with Gasteiger partial charge in [0.25, 0.3) is 12.2 Å². The van der Waals surface area contributed by atoms with Crippen LogP contribution < -0.4 is 0 Å². The van der Waals surface area contributed by atoms with E-state index >= 15 is 0 Å². The summed E-state index contributed by atoms with van der Waals surface area (Å²) in [6, 6.07) is 6.01. The van der Waals surface area contributed by atoms with Crippen molar-refractivity contribution in [2.75, 3.05) is 72.2 Å². The van der Waals surface area contributed by atoms with Crippen LogP contribution >= 0.6 is 0 Å². The number of ether oxygens (including phenoxy) is 1. The van der Waals surface area contributed by atoms with Gasteiger partial charge in [0.2, 0.25) is 0 Å². The molecule has 1 aliphatic heterocycles. The number of unbranched alkanes of at least 4 members (excludes halogenated alkanes) is 2. The molecule has 0 aromatic heterocycles. The number of rotatable bonds is 19. The molecule has 0 saturated carbocycles. The lowest BCUT2D eigenvalue weighted by molar-refractivity contribution is -0.384. The number of nitrogens with zero attached hydrogens (tertiary/aromatic N) is 5. The maximum Gasteiger partial charge on any atom is 0.317 e. The van der Waals surface area contributed by atoms with Gasteiger partial charge in [-0.15, -0.1) is 0 Å². The van der Waals surface area contributed by atoms with E-state index in [1.54, 1.807) is 17.0 Å². The highest BCUT2D eigenvalue weighted by Gasteiger charge is 2.26. The topological polar surface area (TPSA) is 194 Å². The number of carboxylic acid groups (broad SMARTS) is 3. The Bertz CT molecular complexity index is 1010. The van der Waals surface area contributed by atoms with E-state index in [0.717, 1.165) is 24.8 Å². The molecule has 15 heteroatoms. The van der Waals surface area contributed by atoms with Gasteiger partial charge in [-0.2, -0.15) is 0 Å². The predicted molar refractivity (Wildman–Crippen MR) is 150 cm³/mol. The Morgan fingerprint density at radius 3 is 1.98 bits per heavy atom. The molecule has 234 valence electrons. The third kappa shape index (κ3) is 13.8. The molecular formula is C27H41N5O10. The molecule has 2 rings (SSSR count). The van der Waals surface area contributed by atoms with Crippen molar-refractivity contribution in [3.05, 3.63) is 39.9 Å². The Morgan fingerprint density at radius 1 is 0.881 bits per heavy atom. The molecule has 1 aliphatic rings. The fourth-order valence-electron chi connectivity index (χ4n) is 5.00. The quantitative estimate of drug-likeness (QED) is 0.0874. The van der Waals surface area contributed by atoms with Gasteiger partial charge in [0.05, 0.1) is 24.6 Å². The monoisotopic (exact) mass is 595 g/mol. The molecule has 1 unspecified atom stereocenters. The molecule has 3 N–H and O–H groups in total. The van der Waals surface area contributed by atoms with E-state index in [4.69, 9.17) is 4.74 Å². The second kappa shape index (κ2) is 18.7. The van der Waals surface area contributed by atoms with Gasteiger partial charge < -0.3 is 20.1 Å². The third-order valence-corrected chi connectivity index (χ3v) is 7.19. The molecule has 0 spiro atoms. The summed E-state index contributed by atoms with van der Waals surface area (Å²) >= 11 is 0. The van der Waals surface area contributed by atoms with Crippen molar-refractivity contribution < 1.29 is 44.2 Å². The van der Waals surface area contributed by atoms with E-state index in [-0.39, 0.29) is 25.0 Å². The highest BCUT2D eigenvalue weighted by atomic mass is 16.6. The molecule has 1 saturated heterocycles. The van der Waals surface area contributed by atoms with Crippen LogP contribution in [0.5, 0.6) is 0 Å². The van der Waals surface area contributed by atoms with Crippen molar-refractivity contribution in [2.45, 2.75) is 38.1 Å². The van der Waals surface area contributed by atoms with Gasteiger partial charge in [-0.1, -0.05) is 25.0 Å². The zero-order chi connectivity index (χ0) is 30.9. The highest BCUT2D eigenvalue weighted by molar-refractivity contribution is 5.72. The van der Waals surface area contributed by atoms with Crippen molar-refractivity contribution in [2.24, 2.45) is 0 Å². The molecule has 1 aromatic rings. The summed E-state index contributed by atoms with van der Waals surface area (Å²) in [5.41, 5.74) is 1.00. The summed E-state index contributed by atoms with van der Waals surface area (Å²) in [6.45, 7) is 2.74. The Balaban J connectivity index is 2.09. The van der Waals surface area contributed by atoms with Gasteiger partial charge >= 0.3 is 17.9 Å². The molecule has 0 bridgehead atoms. The summed E-state index contributed by atoms with van der Waals surface area (Å²) in [5.74, 6) is -3.22. The predicted octanol–water partition coefficient (Wildman–Crippen LogP) is 0.672. The van der Waals surface area contributed by atoms with Gasteiger partial charge in [0.15, 0.2) is 0 Å². The van der Waals surface area contributed by atoms with Gasteiger partial charge in [-0.25, -0.2) is 0 Å². The number of carboxylic acids is 3. The minimum atomic E-state index is -1.13. The molecular weight excluding hydrogens is 554 g/mol. The van der Waals surface area contributed by atoms with Crippen molar-refractivity contribution in [3.8, 4) is 0 Å². The summed E-state index contributed by atoms with van der Waals surface area (Å²) in [5, 5.41) is 39.2. The average molecular weight is 596 g/mol. The van der Waals surface area contributed by atoms with Crippen LogP contribution in [0.3, 0.4) is 0 Å². The van der Waals surface area contributed by atoms with Crippen molar-refractivity contribution in [1.29, 1.82) is 0 Å². The van der Waals surface area contributed by atoms with E-state index in [1.165, 1.54) is 17.0 Å². The Kier molecular flexibility index (Phi) is 15.4. The fraction of sp³-hybridized carbons (Fsp3) is 0.630. The first-order valence-corrected chi connectivity index (χ1v) is 13.9. The van der Waals surface area contributed by atoms with E-state index in [9.17, 15) is 44.6 Å². The Morgan fingerprint density at radius 2 is 1.45 bits per heavy atom. The number of non-ortho nitro benzene ring substituents is 1. The summed E-state index contributed by atoms with van der Waals surface area (Å²) in [4.78, 5) is 63.0. The first-order valence-electron chi connectivity index (χ1n) is 13.9. The molecule has 0 aliphatic carbocycles. The van der Waals surface area contributed by atoms with Crippen LogP contribution in [0, 0.1) is 10.1 Å². The van der Waals surface area contributed by atoms with Crippen LogP contribution in [0.15, 0.2) is 24.3 Å².